The Kier molecular flexibility index (Phi) is 5.30. The van der Waals surface area contributed by atoms with Crippen LogP contribution in [0.5, 0.6) is 0 Å². The highest BCUT2D eigenvalue weighted by atomic mass is 32.2. The molecule has 0 fully saturated rings. The van der Waals surface area contributed by atoms with Gasteiger partial charge in [0.2, 0.25) is 5.91 Å². The molecule has 0 bridgehead atoms. The first-order valence-corrected chi connectivity index (χ1v) is 8.54. The molecule has 0 saturated heterocycles. The van der Waals surface area contributed by atoms with Gasteiger partial charge in [-0.15, -0.1) is 10.2 Å². The van der Waals surface area contributed by atoms with Gasteiger partial charge in [0.25, 0.3) is 0 Å². The van der Waals surface area contributed by atoms with E-state index in [1.54, 1.807) is 36.9 Å². The summed E-state index contributed by atoms with van der Waals surface area (Å²) in [7, 11) is 0. The monoisotopic (exact) mass is 356 g/mol. The maximum absolute atomic E-state index is 12.3. The molecule has 0 aliphatic rings. The van der Waals surface area contributed by atoms with E-state index >= 15 is 0 Å². The third kappa shape index (κ3) is 4.57. The Bertz CT molecular complexity index is 856. The van der Waals surface area contributed by atoms with E-state index in [-0.39, 0.29) is 17.4 Å². The highest BCUT2D eigenvalue weighted by molar-refractivity contribution is 7.99. The number of carbonyl (C=O) groups excluding carboxylic acids is 2. The first-order chi connectivity index (χ1) is 12.1. The van der Waals surface area contributed by atoms with Gasteiger partial charge in [0.05, 0.1) is 18.6 Å². The second-order valence-electron chi connectivity index (χ2n) is 5.29. The molecule has 1 aromatic carbocycles. The summed E-state index contributed by atoms with van der Waals surface area (Å²) in [5.41, 5.74) is 1.24. The summed E-state index contributed by atoms with van der Waals surface area (Å²) in [4.78, 5) is 23.3. The third-order valence-corrected chi connectivity index (χ3v) is 4.33. The van der Waals surface area contributed by atoms with Gasteiger partial charge in [0.1, 0.15) is 12.1 Å². The van der Waals surface area contributed by atoms with Crippen LogP contribution in [0.2, 0.25) is 0 Å². The number of amides is 1. The van der Waals surface area contributed by atoms with Crippen LogP contribution in [0.1, 0.15) is 23.0 Å². The van der Waals surface area contributed by atoms with Crippen molar-refractivity contribution in [3.05, 3.63) is 60.3 Å². The summed E-state index contributed by atoms with van der Waals surface area (Å²) in [5.74, 6) is 0.870. The normalized spacial score (nSPS) is 10.6. The van der Waals surface area contributed by atoms with Gasteiger partial charge < -0.3 is 14.3 Å². The number of benzene rings is 1. The second-order valence-corrected chi connectivity index (χ2v) is 6.23. The fraction of sp³-hybridized carbons (Fsp3) is 0.176. The lowest BCUT2D eigenvalue weighted by molar-refractivity contribution is -0.114. The molecule has 0 aliphatic carbocycles. The van der Waals surface area contributed by atoms with Crippen LogP contribution in [-0.2, 0) is 11.3 Å². The standard InChI is InChI=1S/C17H16N4O3S/c1-12(22)19-14-6-4-13(5-7-14)16(23)10-25-17-20-18-11-21(17)9-15-3-2-8-24-15/h2-8,11H,9-10H2,1H3,(H,19,22). The molecule has 1 N–H and O–H groups in total. The number of aromatic nitrogens is 3. The number of thioether (sulfide) groups is 1. The molecule has 7 nitrogen and oxygen atoms in total. The van der Waals surface area contributed by atoms with Gasteiger partial charge >= 0.3 is 0 Å². The number of hydrogen-bond acceptors (Lipinski definition) is 6. The predicted octanol–water partition coefficient (Wildman–Crippen LogP) is 2.85. The smallest absolute Gasteiger partial charge is 0.221 e. The Morgan fingerprint density at radius 3 is 2.72 bits per heavy atom. The summed E-state index contributed by atoms with van der Waals surface area (Å²) in [6, 6.07) is 10.5. The average molecular weight is 356 g/mol. The molecule has 128 valence electrons. The number of furan rings is 1. The maximum atomic E-state index is 12.3. The van der Waals surface area contributed by atoms with E-state index < -0.39 is 0 Å². The van der Waals surface area contributed by atoms with Crippen LogP contribution in [0, 0.1) is 0 Å². The van der Waals surface area contributed by atoms with Gasteiger partial charge in [0.15, 0.2) is 10.9 Å². The van der Waals surface area contributed by atoms with Gasteiger partial charge in [0, 0.05) is 18.2 Å². The van der Waals surface area contributed by atoms with Crippen molar-refractivity contribution >= 4 is 29.1 Å². The number of hydrogen-bond donors (Lipinski definition) is 1. The molecule has 0 spiro atoms. The second kappa shape index (κ2) is 7.80. The molecule has 25 heavy (non-hydrogen) atoms. The average Bonchev–Trinajstić information content (AvgIpc) is 3.25. The van der Waals surface area contributed by atoms with Crippen LogP contribution in [0.4, 0.5) is 5.69 Å². The van der Waals surface area contributed by atoms with Crippen molar-refractivity contribution in [2.75, 3.05) is 11.1 Å². The molecule has 1 amide bonds. The lowest BCUT2D eigenvalue weighted by Gasteiger charge is -2.05. The van der Waals surface area contributed by atoms with Gasteiger partial charge in [-0.05, 0) is 36.4 Å². The van der Waals surface area contributed by atoms with E-state index in [1.165, 1.54) is 18.7 Å². The zero-order valence-corrected chi connectivity index (χ0v) is 14.3. The molecular formula is C17H16N4O3S. The first kappa shape index (κ1) is 17.0. The summed E-state index contributed by atoms with van der Waals surface area (Å²) in [6.07, 6.45) is 3.22. The summed E-state index contributed by atoms with van der Waals surface area (Å²) in [5, 5.41) is 11.3. The van der Waals surface area contributed by atoms with E-state index in [1.807, 2.05) is 16.7 Å². The Morgan fingerprint density at radius 2 is 2.04 bits per heavy atom. The summed E-state index contributed by atoms with van der Waals surface area (Å²) in [6.45, 7) is 1.95. The SMILES string of the molecule is CC(=O)Nc1ccc(C(=O)CSc2nncn2Cc2ccco2)cc1. The van der Waals surface area contributed by atoms with Crippen LogP contribution >= 0.6 is 11.8 Å². The summed E-state index contributed by atoms with van der Waals surface area (Å²) >= 11 is 1.32. The molecule has 3 aromatic rings. The van der Waals surface area contributed by atoms with Crippen molar-refractivity contribution in [1.82, 2.24) is 14.8 Å². The Balaban J connectivity index is 1.59. The van der Waals surface area contributed by atoms with Crippen LogP contribution in [0.3, 0.4) is 0 Å². The van der Waals surface area contributed by atoms with E-state index in [2.05, 4.69) is 15.5 Å². The molecule has 0 unspecified atom stereocenters. The lowest BCUT2D eigenvalue weighted by atomic mass is 10.1. The first-order valence-electron chi connectivity index (χ1n) is 7.55. The quantitative estimate of drug-likeness (QED) is 0.517. The fourth-order valence-corrected chi connectivity index (χ4v) is 3.00. The Labute approximate surface area is 148 Å². The molecule has 3 rings (SSSR count). The number of nitrogens with one attached hydrogen (secondary N) is 1. The Morgan fingerprint density at radius 1 is 1.24 bits per heavy atom. The van der Waals surface area contributed by atoms with E-state index in [4.69, 9.17) is 4.42 Å². The van der Waals surface area contributed by atoms with E-state index in [0.717, 1.165) is 5.76 Å². The van der Waals surface area contributed by atoms with Crippen molar-refractivity contribution in [2.45, 2.75) is 18.6 Å². The van der Waals surface area contributed by atoms with Crippen LogP contribution in [0.15, 0.2) is 58.6 Å². The molecule has 2 heterocycles. The molecule has 0 radical (unpaired) electrons. The molecule has 8 heteroatoms. The maximum Gasteiger partial charge on any atom is 0.221 e. The van der Waals surface area contributed by atoms with E-state index in [9.17, 15) is 9.59 Å². The number of carbonyl (C=O) groups is 2. The lowest BCUT2D eigenvalue weighted by Crippen LogP contribution is -2.07. The molecule has 0 aliphatic heterocycles. The van der Waals surface area contributed by atoms with Gasteiger partial charge in [-0.1, -0.05) is 11.8 Å². The minimum absolute atomic E-state index is 0.0214. The number of Topliss-reactive ketones (excluding diaryl/α,β-unsaturated/α-hetero) is 1. The highest BCUT2D eigenvalue weighted by Crippen LogP contribution is 2.19. The molecule has 0 atom stereocenters. The zero-order chi connectivity index (χ0) is 17.6. The minimum atomic E-state index is -0.148. The van der Waals surface area contributed by atoms with Crippen molar-refractivity contribution < 1.29 is 14.0 Å². The van der Waals surface area contributed by atoms with Crippen molar-refractivity contribution in [2.24, 2.45) is 0 Å². The number of anilines is 1. The number of rotatable bonds is 7. The van der Waals surface area contributed by atoms with Crippen LogP contribution < -0.4 is 5.32 Å². The topological polar surface area (TPSA) is 90.0 Å². The number of nitrogens with zero attached hydrogens (tertiary/aromatic N) is 3. The largest absolute Gasteiger partial charge is 0.467 e. The van der Waals surface area contributed by atoms with Crippen molar-refractivity contribution in [1.29, 1.82) is 0 Å². The Hall–Kier alpha value is -2.87. The van der Waals surface area contributed by atoms with E-state index in [0.29, 0.717) is 23.0 Å². The molecular weight excluding hydrogens is 340 g/mol. The fourth-order valence-electron chi connectivity index (χ4n) is 2.19. The van der Waals surface area contributed by atoms with Gasteiger partial charge in [-0.2, -0.15) is 0 Å². The van der Waals surface area contributed by atoms with Gasteiger partial charge in [-0.25, -0.2) is 0 Å². The van der Waals surface area contributed by atoms with Crippen LogP contribution in [-0.4, -0.2) is 32.2 Å². The summed E-state index contributed by atoms with van der Waals surface area (Å²) < 4.78 is 7.14. The third-order valence-electron chi connectivity index (χ3n) is 3.35. The molecule has 0 saturated carbocycles. The predicted molar refractivity (Wildman–Crippen MR) is 93.6 cm³/mol. The van der Waals surface area contributed by atoms with Crippen LogP contribution in [0.25, 0.3) is 0 Å². The minimum Gasteiger partial charge on any atom is -0.467 e. The van der Waals surface area contributed by atoms with Crippen molar-refractivity contribution in [3.8, 4) is 0 Å². The highest BCUT2D eigenvalue weighted by Gasteiger charge is 2.12. The number of ketones is 1. The van der Waals surface area contributed by atoms with Gasteiger partial charge in [-0.3, -0.25) is 9.59 Å². The zero-order valence-electron chi connectivity index (χ0n) is 13.5. The van der Waals surface area contributed by atoms with Crippen molar-refractivity contribution in [3.63, 3.8) is 0 Å². The molecule has 2 aromatic heterocycles.